The molecular weight excluding hydrogens is 346 g/mol. The SMILES string of the molecule is CCN[C@@H](CCC(=O)O)C(=O)NC(CCNC(=O)[C@H](CN)NC)C(=O)O. The van der Waals surface area contributed by atoms with Crippen molar-refractivity contribution >= 4 is 23.8 Å². The molecule has 0 aromatic heterocycles. The van der Waals surface area contributed by atoms with Gasteiger partial charge in [0.05, 0.1) is 12.1 Å². The molecule has 0 aliphatic carbocycles. The summed E-state index contributed by atoms with van der Waals surface area (Å²) in [6, 6.07) is -2.60. The molecule has 0 aliphatic rings. The molecule has 1 unspecified atom stereocenters. The minimum atomic E-state index is -1.25. The summed E-state index contributed by atoms with van der Waals surface area (Å²) in [5, 5.41) is 28.4. The molecule has 0 saturated heterocycles. The van der Waals surface area contributed by atoms with Gasteiger partial charge in [-0.3, -0.25) is 14.4 Å². The Balaban J connectivity index is 4.63. The molecule has 0 saturated carbocycles. The van der Waals surface area contributed by atoms with Crippen LogP contribution in [0.15, 0.2) is 0 Å². The summed E-state index contributed by atoms with van der Waals surface area (Å²) in [4.78, 5) is 46.0. The fraction of sp³-hybridized carbons (Fsp3) is 0.733. The summed E-state index contributed by atoms with van der Waals surface area (Å²) in [5.74, 6) is -3.25. The molecule has 0 spiro atoms. The third-order valence-corrected chi connectivity index (χ3v) is 3.66. The Hall–Kier alpha value is -2.24. The highest BCUT2D eigenvalue weighted by molar-refractivity contribution is 5.87. The Kier molecular flexibility index (Phi) is 11.9. The molecule has 0 heterocycles. The second kappa shape index (κ2) is 13.0. The van der Waals surface area contributed by atoms with Crippen molar-refractivity contribution in [2.24, 2.45) is 5.73 Å². The number of hydrogen-bond acceptors (Lipinski definition) is 7. The van der Waals surface area contributed by atoms with Crippen molar-refractivity contribution in [3.05, 3.63) is 0 Å². The van der Waals surface area contributed by atoms with Gasteiger partial charge in [-0.2, -0.15) is 0 Å². The smallest absolute Gasteiger partial charge is 0.326 e. The van der Waals surface area contributed by atoms with Gasteiger partial charge in [0, 0.05) is 19.5 Å². The van der Waals surface area contributed by atoms with Crippen LogP contribution in [0.5, 0.6) is 0 Å². The lowest BCUT2D eigenvalue weighted by Crippen LogP contribution is -2.52. The maximum atomic E-state index is 12.2. The summed E-state index contributed by atoms with van der Waals surface area (Å²) in [6.45, 7) is 2.31. The van der Waals surface area contributed by atoms with Gasteiger partial charge >= 0.3 is 11.9 Å². The molecule has 0 radical (unpaired) electrons. The van der Waals surface area contributed by atoms with Crippen molar-refractivity contribution in [1.82, 2.24) is 21.3 Å². The average Bonchev–Trinajstić information content (AvgIpc) is 2.58. The van der Waals surface area contributed by atoms with Gasteiger partial charge < -0.3 is 37.2 Å². The minimum Gasteiger partial charge on any atom is -0.481 e. The number of nitrogens with one attached hydrogen (secondary N) is 4. The number of aliphatic carboxylic acids is 2. The normalized spacial score (nSPS) is 14.1. The van der Waals surface area contributed by atoms with E-state index in [1.54, 1.807) is 14.0 Å². The zero-order valence-corrected chi connectivity index (χ0v) is 15.1. The quantitative estimate of drug-likeness (QED) is 0.172. The largest absolute Gasteiger partial charge is 0.481 e. The monoisotopic (exact) mass is 375 g/mol. The Labute approximate surface area is 152 Å². The number of carbonyl (C=O) groups is 4. The van der Waals surface area contributed by atoms with Gasteiger partial charge in [-0.1, -0.05) is 6.92 Å². The van der Waals surface area contributed by atoms with Gasteiger partial charge in [0.25, 0.3) is 0 Å². The van der Waals surface area contributed by atoms with Crippen molar-refractivity contribution in [2.75, 3.05) is 26.7 Å². The highest BCUT2D eigenvalue weighted by Gasteiger charge is 2.25. The maximum absolute atomic E-state index is 12.2. The second-order valence-corrected chi connectivity index (χ2v) is 5.60. The highest BCUT2D eigenvalue weighted by Crippen LogP contribution is 2.01. The van der Waals surface area contributed by atoms with Crippen LogP contribution in [-0.2, 0) is 19.2 Å². The number of carboxylic acids is 2. The average molecular weight is 375 g/mol. The summed E-state index contributed by atoms with van der Waals surface area (Å²) in [5.41, 5.74) is 5.42. The zero-order valence-electron chi connectivity index (χ0n) is 15.1. The van der Waals surface area contributed by atoms with Gasteiger partial charge in [0.2, 0.25) is 11.8 Å². The third kappa shape index (κ3) is 9.30. The predicted molar refractivity (Wildman–Crippen MR) is 93.4 cm³/mol. The first-order valence-corrected chi connectivity index (χ1v) is 8.40. The number of nitrogens with two attached hydrogens (primary N) is 1. The number of hydrogen-bond donors (Lipinski definition) is 7. The van der Waals surface area contributed by atoms with E-state index in [1.165, 1.54) is 0 Å². The molecule has 8 N–H and O–H groups in total. The molecule has 0 aromatic carbocycles. The molecule has 0 bridgehead atoms. The summed E-state index contributed by atoms with van der Waals surface area (Å²) < 4.78 is 0. The third-order valence-electron chi connectivity index (χ3n) is 3.66. The lowest BCUT2D eigenvalue weighted by atomic mass is 10.1. The summed E-state index contributed by atoms with van der Waals surface area (Å²) >= 11 is 0. The molecule has 2 amide bonds. The molecule has 3 atom stereocenters. The Morgan fingerprint density at radius 2 is 1.65 bits per heavy atom. The van der Waals surface area contributed by atoms with E-state index in [-0.39, 0.29) is 38.3 Å². The van der Waals surface area contributed by atoms with Crippen LogP contribution in [0.2, 0.25) is 0 Å². The van der Waals surface area contributed by atoms with E-state index in [0.717, 1.165) is 0 Å². The van der Waals surface area contributed by atoms with Crippen LogP contribution in [0.4, 0.5) is 0 Å². The van der Waals surface area contributed by atoms with E-state index in [2.05, 4.69) is 21.3 Å². The first-order valence-electron chi connectivity index (χ1n) is 8.40. The van der Waals surface area contributed by atoms with Gasteiger partial charge in [-0.05, 0) is 26.4 Å². The molecule has 11 heteroatoms. The maximum Gasteiger partial charge on any atom is 0.326 e. The topological polar surface area (TPSA) is 183 Å². The van der Waals surface area contributed by atoms with E-state index in [0.29, 0.717) is 6.54 Å². The van der Waals surface area contributed by atoms with Crippen LogP contribution in [-0.4, -0.2) is 78.8 Å². The van der Waals surface area contributed by atoms with Crippen molar-refractivity contribution in [1.29, 1.82) is 0 Å². The molecule has 26 heavy (non-hydrogen) atoms. The number of likely N-dealkylation sites (N-methyl/N-ethyl adjacent to an activating group) is 2. The van der Waals surface area contributed by atoms with Gasteiger partial charge in [-0.15, -0.1) is 0 Å². The standard InChI is InChI=1S/C15H29N5O6/c1-3-18-9(4-5-12(21)22)14(24)20-10(15(25)26)6-7-19-13(23)11(8-16)17-2/h9-11,17-18H,3-8,16H2,1-2H3,(H,19,23)(H,20,24)(H,21,22)(H,25,26)/t9-,10?,11-/m0/s1. The van der Waals surface area contributed by atoms with Crippen molar-refractivity contribution in [3.63, 3.8) is 0 Å². The van der Waals surface area contributed by atoms with Crippen molar-refractivity contribution in [3.8, 4) is 0 Å². The molecule has 150 valence electrons. The minimum absolute atomic E-state index is 0.0222. The van der Waals surface area contributed by atoms with Crippen LogP contribution < -0.4 is 27.0 Å². The fourth-order valence-electron chi connectivity index (χ4n) is 2.19. The Morgan fingerprint density at radius 3 is 2.12 bits per heavy atom. The van der Waals surface area contributed by atoms with Crippen molar-refractivity contribution in [2.45, 2.75) is 44.3 Å². The first-order chi connectivity index (χ1) is 12.3. The van der Waals surface area contributed by atoms with Gasteiger partial charge in [0.1, 0.15) is 6.04 Å². The van der Waals surface area contributed by atoms with Crippen LogP contribution in [0, 0.1) is 0 Å². The van der Waals surface area contributed by atoms with Crippen molar-refractivity contribution < 1.29 is 29.4 Å². The molecule has 0 aromatic rings. The highest BCUT2D eigenvalue weighted by atomic mass is 16.4. The molecular formula is C15H29N5O6. The van der Waals surface area contributed by atoms with E-state index in [1.807, 2.05) is 0 Å². The van der Waals surface area contributed by atoms with E-state index in [9.17, 15) is 24.3 Å². The molecule has 0 aliphatic heterocycles. The lowest BCUT2D eigenvalue weighted by Gasteiger charge is -2.21. The van der Waals surface area contributed by atoms with Gasteiger partial charge in [0.15, 0.2) is 0 Å². The summed E-state index contributed by atoms with van der Waals surface area (Å²) in [6.07, 6.45) is -0.201. The Bertz CT molecular complexity index is 483. The second-order valence-electron chi connectivity index (χ2n) is 5.60. The van der Waals surface area contributed by atoms with Crippen LogP contribution in [0.25, 0.3) is 0 Å². The molecule has 0 rings (SSSR count). The van der Waals surface area contributed by atoms with E-state index >= 15 is 0 Å². The Morgan fingerprint density at radius 1 is 1.00 bits per heavy atom. The number of carbonyl (C=O) groups excluding carboxylic acids is 2. The number of amides is 2. The van der Waals surface area contributed by atoms with Gasteiger partial charge in [-0.25, -0.2) is 4.79 Å². The lowest BCUT2D eigenvalue weighted by molar-refractivity contribution is -0.143. The van der Waals surface area contributed by atoms with Crippen LogP contribution in [0.1, 0.15) is 26.2 Å². The fourth-order valence-corrected chi connectivity index (χ4v) is 2.19. The first kappa shape index (κ1) is 23.8. The number of carboxylic acid groups (broad SMARTS) is 2. The zero-order chi connectivity index (χ0) is 20.1. The number of rotatable bonds is 14. The molecule has 11 nitrogen and oxygen atoms in total. The van der Waals surface area contributed by atoms with E-state index < -0.39 is 36.0 Å². The predicted octanol–water partition coefficient (Wildman–Crippen LogP) is -2.55. The summed E-state index contributed by atoms with van der Waals surface area (Å²) in [7, 11) is 1.58. The molecule has 0 fully saturated rings. The van der Waals surface area contributed by atoms with Crippen LogP contribution in [0.3, 0.4) is 0 Å². The van der Waals surface area contributed by atoms with Crippen LogP contribution >= 0.6 is 0 Å². The van der Waals surface area contributed by atoms with E-state index in [4.69, 9.17) is 10.8 Å².